The number of benzene rings is 2. The SMILES string of the molecule is C#C.C#C.CCC.CCC.CCCN(Cc1ncc(-c2ccc(-c3ccc(-c4cnc([C@@H]5[C@H]6CC[C@H](C6)N5C(=O)CNC(=O)OC)[nH]4)cc3)cc2)[nH]1)C(=O)CN(N)C(=O)OC. The number of carbonyl (C=O) groups is 4. The molecule has 6 rings (SSSR count). The number of piperidine rings is 1. The average molecular weight is 838 g/mol. The van der Waals surface area contributed by atoms with Gasteiger partial charge in [0.05, 0.1) is 50.6 Å². The molecule has 0 radical (unpaired) electrons. The van der Waals surface area contributed by atoms with Crippen molar-refractivity contribution in [2.24, 2.45) is 11.8 Å². The Morgan fingerprint density at radius 3 is 1.85 bits per heavy atom. The third-order valence-electron chi connectivity index (χ3n) is 9.57. The van der Waals surface area contributed by atoms with E-state index in [1.54, 1.807) is 11.1 Å². The van der Waals surface area contributed by atoms with Crippen LogP contribution in [-0.4, -0.2) is 98.6 Å². The minimum absolute atomic E-state index is 0.110. The van der Waals surface area contributed by atoms with E-state index >= 15 is 0 Å². The number of hydrogen-bond donors (Lipinski definition) is 4. The van der Waals surface area contributed by atoms with Gasteiger partial charge in [0.2, 0.25) is 11.8 Å². The number of aromatic amines is 2. The zero-order valence-corrected chi connectivity index (χ0v) is 36.6. The lowest BCUT2D eigenvalue weighted by Gasteiger charge is -2.34. The fourth-order valence-electron chi connectivity index (χ4n) is 7.09. The molecule has 1 aliphatic heterocycles. The van der Waals surface area contributed by atoms with Crippen LogP contribution < -0.4 is 11.2 Å². The zero-order chi connectivity index (χ0) is 45.5. The molecule has 1 aliphatic carbocycles. The molecule has 0 spiro atoms. The molecule has 2 aromatic carbocycles. The number of H-pyrrole nitrogens is 2. The van der Waals surface area contributed by atoms with Gasteiger partial charge in [0.1, 0.15) is 24.7 Å². The van der Waals surface area contributed by atoms with E-state index in [9.17, 15) is 19.2 Å². The highest BCUT2D eigenvalue weighted by atomic mass is 16.5. The van der Waals surface area contributed by atoms with Crippen molar-refractivity contribution in [3.05, 3.63) is 72.6 Å². The van der Waals surface area contributed by atoms with Gasteiger partial charge in [0, 0.05) is 12.6 Å². The van der Waals surface area contributed by atoms with E-state index in [2.05, 4.69) is 95.3 Å². The lowest BCUT2D eigenvalue weighted by atomic mass is 9.98. The first-order valence-corrected chi connectivity index (χ1v) is 20.5. The molecule has 4 amide bonds. The van der Waals surface area contributed by atoms with E-state index in [1.807, 2.05) is 54.4 Å². The van der Waals surface area contributed by atoms with Crippen molar-refractivity contribution in [3.63, 3.8) is 0 Å². The normalized spacial score (nSPS) is 15.4. The summed E-state index contributed by atoms with van der Waals surface area (Å²) in [4.78, 5) is 68.5. The standard InChI is InChI=1S/C36H43N9O6.2C3H8.2C2H2/c1-4-15-43(32(47)21-44(37)36(49)51-3)20-30-38-17-28(41-30)24-9-5-22(6-10-24)23-7-11-25(12-8-23)29-18-39-34(42-29)33-26-13-14-27(16-26)45(33)31(46)19-40-35(48)50-2;2*1-3-2;2*1-2/h5-12,17-18,26-27,33H,4,13-16,19-21,37H2,1-3H3,(H,38,41)(H,39,42)(H,40,48);2*3H2,1-2H3;2*1-2H/t26-,27+,33-;;;;/m0..../s1. The highest BCUT2D eigenvalue weighted by Crippen LogP contribution is 2.49. The Bertz CT molecular complexity index is 1980. The highest BCUT2D eigenvalue weighted by Gasteiger charge is 2.49. The first-order valence-electron chi connectivity index (χ1n) is 20.5. The van der Waals surface area contributed by atoms with Crippen LogP contribution in [0.15, 0.2) is 60.9 Å². The molecule has 328 valence electrons. The number of hydrogen-bond acceptors (Lipinski definition) is 9. The molecule has 4 aromatic rings. The van der Waals surface area contributed by atoms with Gasteiger partial charge in [-0.3, -0.25) is 9.59 Å². The molecule has 1 saturated heterocycles. The highest BCUT2D eigenvalue weighted by molar-refractivity contribution is 5.83. The number of hydrazine groups is 1. The Hall–Kier alpha value is -6.58. The van der Waals surface area contributed by atoms with Gasteiger partial charge < -0.3 is 34.6 Å². The third-order valence-corrected chi connectivity index (χ3v) is 9.57. The van der Waals surface area contributed by atoms with Crippen molar-refractivity contribution < 1.29 is 28.7 Å². The van der Waals surface area contributed by atoms with Crippen molar-refractivity contribution in [2.45, 2.75) is 91.8 Å². The Morgan fingerprint density at radius 2 is 1.33 bits per heavy atom. The maximum absolute atomic E-state index is 13.1. The Morgan fingerprint density at radius 1 is 0.803 bits per heavy atom. The summed E-state index contributed by atoms with van der Waals surface area (Å²) in [5, 5.41) is 3.26. The number of terminal acetylenes is 2. The molecule has 61 heavy (non-hydrogen) atoms. The minimum Gasteiger partial charge on any atom is -0.453 e. The minimum atomic E-state index is -0.784. The fourth-order valence-corrected chi connectivity index (χ4v) is 7.09. The number of aromatic nitrogens is 4. The van der Waals surface area contributed by atoms with Crippen LogP contribution in [0, 0.1) is 31.6 Å². The second-order valence-electron chi connectivity index (χ2n) is 14.2. The molecule has 0 unspecified atom stereocenters. The lowest BCUT2D eigenvalue weighted by Crippen LogP contribution is -2.46. The maximum Gasteiger partial charge on any atom is 0.424 e. The molecule has 5 N–H and O–H groups in total. The van der Waals surface area contributed by atoms with E-state index < -0.39 is 12.2 Å². The van der Waals surface area contributed by atoms with Gasteiger partial charge in [-0.2, -0.15) is 0 Å². The second kappa shape index (κ2) is 26.5. The molecule has 15 heteroatoms. The number of fused-ring (bicyclic) bond motifs is 2. The number of methoxy groups -OCH3 is 2. The number of alkyl carbamates (subject to hydrolysis) is 1. The summed E-state index contributed by atoms with van der Waals surface area (Å²) >= 11 is 0. The summed E-state index contributed by atoms with van der Waals surface area (Å²) in [7, 11) is 2.48. The lowest BCUT2D eigenvalue weighted by molar-refractivity contribution is -0.135. The summed E-state index contributed by atoms with van der Waals surface area (Å²) in [6.45, 7) is 10.8. The average Bonchev–Trinajstić information content (AvgIpc) is 4.13. The van der Waals surface area contributed by atoms with Crippen LogP contribution in [0.25, 0.3) is 33.6 Å². The van der Waals surface area contributed by atoms with Crippen LogP contribution >= 0.6 is 0 Å². The van der Waals surface area contributed by atoms with Crippen molar-refractivity contribution >= 4 is 24.0 Å². The zero-order valence-electron chi connectivity index (χ0n) is 36.6. The molecular weight excluding hydrogens is 775 g/mol. The summed E-state index contributed by atoms with van der Waals surface area (Å²) < 4.78 is 9.20. The molecule has 2 aliphatic rings. The fraction of sp³-hybridized carbons (Fsp3) is 0.435. The van der Waals surface area contributed by atoms with Gasteiger partial charge in [0.25, 0.3) is 0 Å². The van der Waals surface area contributed by atoms with Gasteiger partial charge in [-0.1, -0.05) is 96.0 Å². The smallest absolute Gasteiger partial charge is 0.424 e. The summed E-state index contributed by atoms with van der Waals surface area (Å²) in [5.74, 6) is 6.91. The predicted octanol–water partition coefficient (Wildman–Crippen LogP) is 7.55. The molecule has 15 nitrogen and oxygen atoms in total. The van der Waals surface area contributed by atoms with Gasteiger partial charge in [-0.15, -0.1) is 25.7 Å². The predicted molar refractivity (Wildman–Crippen MR) is 239 cm³/mol. The van der Waals surface area contributed by atoms with Crippen LogP contribution in [0.2, 0.25) is 0 Å². The number of likely N-dealkylation sites (tertiary alicyclic amines) is 1. The quantitative estimate of drug-likeness (QED) is 0.0483. The number of carbonyl (C=O) groups excluding carboxylic acids is 4. The van der Waals surface area contributed by atoms with Crippen molar-refractivity contribution in [3.8, 4) is 59.3 Å². The number of nitrogens with zero attached hydrogens (tertiary/aromatic N) is 5. The van der Waals surface area contributed by atoms with Crippen LogP contribution in [0.1, 0.15) is 90.8 Å². The number of amides is 4. The molecule has 2 fully saturated rings. The Kier molecular flexibility index (Phi) is 22.0. The van der Waals surface area contributed by atoms with Gasteiger partial charge in [-0.05, 0) is 53.9 Å². The molecule has 1 saturated carbocycles. The van der Waals surface area contributed by atoms with E-state index in [1.165, 1.54) is 27.1 Å². The van der Waals surface area contributed by atoms with Gasteiger partial charge in [0.15, 0.2) is 0 Å². The van der Waals surface area contributed by atoms with Crippen molar-refractivity contribution in [2.75, 3.05) is 33.9 Å². The number of ether oxygens (including phenoxy) is 2. The molecular formula is C46H63N9O6. The molecule has 3 heterocycles. The molecule has 2 aromatic heterocycles. The largest absolute Gasteiger partial charge is 0.453 e. The van der Waals surface area contributed by atoms with Gasteiger partial charge >= 0.3 is 12.2 Å². The van der Waals surface area contributed by atoms with E-state index in [-0.39, 0.29) is 43.5 Å². The number of imidazole rings is 2. The monoisotopic (exact) mass is 837 g/mol. The van der Waals surface area contributed by atoms with Crippen LogP contribution in [-0.2, 0) is 25.6 Å². The first kappa shape index (κ1) is 50.6. The number of nitrogens with one attached hydrogen (secondary N) is 3. The van der Waals surface area contributed by atoms with Crippen LogP contribution in [0.5, 0.6) is 0 Å². The number of nitrogens with two attached hydrogens (primary N) is 1. The number of rotatable bonds is 12. The van der Waals surface area contributed by atoms with Crippen LogP contribution in [0.4, 0.5) is 9.59 Å². The Labute approximate surface area is 361 Å². The van der Waals surface area contributed by atoms with E-state index in [0.717, 1.165) is 70.2 Å². The molecule has 3 atom stereocenters. The van der Waals surface area contributed by atoms with Crippen LogP contribution in [0.3, 0.4) is 0 Å². The van der Waals surface area contributed by atoms with Gasteiger partial charge in [-0.25, -0.2) is 30.4 Å². The summed E-state index contributed by atoms with van der Waals surface area (Å²) in [6.07, 6.45) is 24.3. The summed E-state index contributed by atoms with van der Waals surface area (Å²) in [6, 6.07) is 16.3. The van der Waals surface area contributed by atoms with Crippen molar-refractivity contribution in [1.29, 1.82) is 0 Å². The third kappa shape index (κ3) is 14.0. The van der Waals surface area contributed by atoms with Crippen molar-refractivity contribution in [1.82, 2.24) is 40.1 Å². The first-order chi connectivity index (χ1) is 29.5. The summed E-state index contributed by atoms with van der Waals surface area (Å²) in [5.41, 5.74) is 5.70. The maximum atomic E-state index is 13.1. The Balaban J connectivity index is 0.00000118. The van der Waals surface area contributed by atoms with E-state index in [0.29, 0.717) is 18.3 Å². The second-order valence-corrected chi connectivity index (χ2v) is 14.2. The molecule has 2 bridgehead atoms. The van der Waals surface area contributed by atoms with E-state index in [4.69, 9.17) is 10.8 Å². The topological polar surface area (TPSA) is 192 Å².